The highest BCUT2D eigenvalue weighted by atomic mass is 16.6. The summed E-state index contributed by atoms with van der Waals surface area (Å²) in [5.74, 6) is -0.406. The van der Waals surface area contributed by atoms with Crippen molar-refractivity contribution in [3.05, 3.63) is 47.5 Å². The maximum Gasteiger partial charge on any atom is 0.411 e. The lowest BCUT2D eigenvalue weighted by Gasteiger charge is -2.21. The van der Waals surface area contributed by atoms with Crippen LogP contribution in [0.25, 0.3) is 0 Å². The average Bonchev–Trinajstić information content (AvgIpc) is 2.97. The van der Waals surface area contributed by atoms with Crippen LogP contribution in [0.5, 0.6) is 0 Å². The Hall–Kier alpha value is -2.30. The number of methoxy groups -OCH3 is 1. The standard InChI is InChI=1S/C17H21NO4/c1-3-7-14-10-15(16(19)21-2)18(11-14)17(20)22-12-13-8-5-4-6-9-13/h4-9,15H,3,10-12H2,1-2H3/b14-7-/t15-/m0/s1. The Morgan fingerprint density at radius 2 is 2.05 bits per heavy atom. The summed E-state index contributed by atoms with van der Waals surface area (Å²) in [5, 5.41) is 0. The van der Waals surface area contributed by atoms with Gasteiger partial charge in [0.05, 0.1) is 7.11 Å². The van der Waals surface area contributed by atoms with Gasteiger partial charge in [0.15, 0.2) is 0 Å². The summed E-state index contributed by atoms with van der Waals surface area (Å²) in [6.45, 7) is 2.63. The highest BCUT2D eigenvalue weighted by molar-refractivity contribution is 5.83. The molecule has 0 saturated carbocycles. The molecule has 1 amide bonds. The van der Waals surface area contributed by atoms with Crippen LogP contribution in [0.3, 0.4) is 0 Å². The summed E-state index contributed by atoms with van der Waals surface area (Å²) >= 11 is 0. The van der Waals surface area contributed by atoms with Gasteiger partial charge in [-0.15, -0.1) is 0 Å². The third kappa shape index (κ3) is 3.87. The molecule has 1 aliphatic rings. The van der Waals surface area contributed by atoms with Crippen molar-refractivity contribution in [3.63, 3.8) is 0 Å². The lowest BCUT2D eigenvalue weighted by molar-refractivity contribution is -0.145. The Bertz CT molecular complexity index is 553. The van der Waals surface area contributed by atoms with Crippen LogP contribution in [-0.4, -0.2) is 36.7 Å². The third-order valence-electron chi connectivity index (χ3n) is 3.61. The molecule has 0 spiro atoms. The molecule has 1 aromatic rings. The molecule has 5 nitrogen and oxygen atoms in total. The summed E-state index contributed by atoms with van der Waals surface area (Å²) in [7, 11) is 1.33. The molecule has 1 atom stereocenters. The van der Waals surface area contributed by atoms with Gasteiger partial charge in [-0.05, 0) is 12.0 Å². The molecule has 1 saturated heterocycles. The van der Waals surface area contributed by atoms with Gasteiger partial charge in [0.2, 0.25) is 0 Å². The Morgan fingerprint density at radius 1 is 1.32 bits per heavy atom. The number of ether oxygens (including phenoxy) is 2. The monoisotopic (exact) mass is 303 g/mol. The number of hydrogen-bond acceptors (Lipinski definition) is 4. The van der Waals surface area contributed by atoms with Crippen molar-refractivity contribution in [1.29, 1.82) is 0 Å². The van der Waals surface area contributed by atoms with Crippen molar-refractivity contribution in [1.82, 2.24) is 4.90 Å². The van der Waals surface area contributed by atoms with Crippen molar-refractivity contribution < 1.29 is 19.1 Å². The summed E-state index contributed by atoms with van der Waals surface area (Å²) < 4.78 is 10.1. The Balaban J connectivity index is 2.02. The van der Waals surface area contributed by atoms with Gasteiger partial charge in [0.25, 0.3) is 0 Å². The number of nitrogens with zero attached hydrogens (tertiary/aromatic N) is 1. The predicted molar refractivity (Wildman–Crippen MR) is 82.1 cm³/mol. The van der Waals surface area contributed by atoms with Crippen LogP contribution < -0.4 is 0 Å². The summed E-state index contributed by atoms with van der Waals surface area (Å²) in [5.41, 5.74) is 1.98. The first-order valence-electron chi connectivity index (χ1n) is 7.38. The van der Waals surface area contributed by atoms with Crippen molar-refractivity contribution in [2.45, 2.75) is 32.4 Å². The zero-order valence-electron chi connectivity index (χ0n) is 13.0. The van der Waals surface area contributed by atoms with Gasteiger partial charge in [-0.2, -0.15) is 0 Å². The maximum absolute atomic E-state index is 12.3. The van der Waals surface area contributed by atoms with E-state index in [4.69, 9.17) is 9.47 Å². The second-order valence-corrected chi connectivity index (χ2v) is 5.18. The van der Waals surface area contributed by atoms with Crippen molar-refractivity contribution in [2.75, 3.05) is 13.7 Å². The molecule has 118 valence electrons. The number of carbonyl (C=O) groups excluding carboxylic acids is 2. The third-order valence-corrected chi connectivity index (χ3v) is 3.61. The quantitative estimate of drug-likeness (QED) is 0.634. The highest BCUT2D eigenvalue weighted by Gasteiger charge is 2.38. The Morgan fingerprint density at radius 3 is 2.68 bits per heavy atom. The number of esters is 1. The fraction of sp³-hybridized carbons (Fsp3) is 0.412. The first kappa shape index (κ1) is 16.1. The number of hydrogen-bond donors (Lipinski definition) is 0. The topological polar surface area (TPSA) is 55.8 Å². The molecule has 1 aromatic carbocycles. The van der Waals surface area contributed by atoms with Gasteiger partial charge in [-0.1, -0.05) is 48.9 Å². The molecule has 0 unspecified atom stereocenters. The molecule has 22 heavy (non-hydrogen) atoms. The molecule has 0 radical (unpaired) electrons. The maximum atomic E-state index is 12.3. The first-order chi connectivity index (χ1) is 10.7. The number of benzene rings is 1. The van der Waals surface area contributed by atoms with Gasteiger partial charge in [0, 0.05) is 13.0 Å². The van der Waals surface area contributed by atoms with E-state index in [0.29, 0.717) is 13.0 Å². The number of likely N-dealkylation sites (tertiary alicyclic amines) is 1. The van der Waals surface area contributed by atoms with Crippen LogP contribution in [0.2, 0.25) is 0 Å². The predicted octanol–water partition coefficient (Wildman–Crippen LogP) is 2.91. The average molecular weight is 303 g/mol. The number of allylic oxidation sites excluding steroid dienone is 1. The molecular weight excluding hydrogens is 282 g/mol. The normalized spacial score (nSPS) is 19.3. The zero-order valence-corrected chi connectivity index (χ0v) is 13.0. The van der Waals surface area contributed by atoms with E-state index in [-0.39, 0.29) is 6.61 Å². The largest absolute Gasteiger partial charge is 0.467 e. The molecular formula is C17H21NO4. The van der Waals surface area contributed by atoms with E-state index < -0.39 is 18.1 Å². The lowest BCUT2D eigenvalue weighted by atomic mass is 10.1. The lowest BCUT2D eigenvalue weighted by Crippen LogP contribution is -2.41. The number of carbonyl (C=O) groups is 2. The number of amides is 1. The Kier molecular flexibility index (Phi) is 5.58. The van der Waals surface area contributed by atoms with E-state index in [9.17, 15) is 9.59 Å². The molecule has 1 fully saturated rings. The molecule has 0 bridgehead atoms. The smallest absolute Gasteiger partial charge is 0.411 e. The van der Waals surface area contributed by atoms with Gasteiger partial charge in [0.1, 0.15) is 12.6 Å². The number of rotatable bonds is 4. The summed E-state index contributed by atoms with van der Waals surface area (Å²) in [6.07, 6.45) is 2.94. The van der Waals surface area contributed by atoms with Crippen LogP contribution in [0.1, 0.15) is 25.3 Å². The summed E-state index contributed by atoms with van der Waals surface area (Å²) in [6, 6.07) is 8.86. The van der Waals surface area contributed by atoms with Crippen molar-refractivity contribution >= 4 is 12.1 Å². The van der Waals surface area contributed by atoms with E-state index in [0.717, 1.165) is 17.6 Å². The molecule has 5 heteroatoms. The van der Waals surface area contributed by atoms with Crippen molar-refractivity contribution in [2.24, 2.45) is 0 Å². The molecule has 2 rings (SSSR count). The minimum atomic E-state index is -0.592. The van der Waals surface area contributed by atoms with Crippen LogP contribution >= 0.6 is 0 Å². The second kappa shape index (κ2) is 7.64. The van der Waals surface area contributed by atoms with Gasteiger partial charge < -0.3 is 9.47 Å². The van der Waals surface area contributed by atoms with Crippen LogP contribution in [0.4, 0.5) is 4.79 Å². The molecule has 1 heterocycles. The van der Waals surface area contributed by atoms with Gasteiger partial charge >= 0.3 is 12.1 Å². The van der Waals surface area contributed by atoms with E-state index in [1.165, 1.54) is 12.0 Å². The minimum absolute atomic E-state index is 0.191. The molecule has 0 aliphatic carbocycles. The minimum Gasteiger partial charge on any atom is -0.467 e. The molecule has 1 aliphatic heterocycles. The fourth-order valence-electron chi connectivity index (χ4n) is 2.53. The van der Waals surface area contributed by atoms with E-state index in [1.54, 1.807) is 0 Å². The molecule has 0 aromatic heterocycles. The van der Waals surface area contributed by atoms with E-state index >= 15 is 0 Å². The second-order valence-electron chi connectivity index (χ2n) is 5.18. The van der Waals surface area contributed by atoms with E-state index in [1.807, 2.05) is 43.3 Å². The zero-order chi connectivity index (χ0) is 15.9. The van der Waals surface area contributed by atoms with Gasteiger partial charge in [-0.3, -0.25) is 4.90 Å². The van der Waals surface area contributed by atoms with Gasteiger partial charge in [-0.25, -0.2) is 9.59 Å². The SMILES string of the molecule is CC/C=C1/C[C@@H](C(=O)OC)N(C(=O)OCc2ccccc2)C1. The fourth-order valence-corrected chi connectivity index (χ4v) is 2.53. The highest BCUT2D eigenvalue weighted by Crippen LogP contribution is 2.25. The molecule has 0 N–H and O–H groups in total. The van der Waals surface area contributed by atoms with E-state index in [2.05, 4.69) is 0 Å². The Labute approximate surface area is 130 Å². The first-order valence-corrected chi connectivity index (χ1v) is 7.38. The van der Waals surface area contributed by atoms with Crippen molar-refractivity contribution in [3.8, 4) is 0 Å². The van der Waals surface area contributed by atoms with Crippen LogP contribution in [0.15, 0.2) is 42.0 Å². The van der Waals surface area contributed by atoms with Crippen LogP contribution in [0, 0.1) is 0 Å². The summed E-state index contributed by atoms with van der Waals surface area (Å²) in [4.78, 5) is 25.6. The van der Waals surface area contributed by atoms with Crippen LogP contribution in [-0.2, 0) is 20.9 Å².